The van der Waals surface area contributed by atoms with E-state index < -0.39 is 0 Å². The maximum atomic E-state index is 7.50. The summed E-state index contributed by atoms with van der Waals surface area (Å²) in [5.74, 6) is 3.58. The Morgan fingerprint density at radius 2 is 0.200 bits per heavy atom. The SMILES string of the molecule is [C-]#[O+].[C-]#[O+].[C-]#[O+].[C-]#[O+].[Fe].[Fe].c1ccc(C2C(c3ccccc3)C(c3ccccc3)C(c3ccccc3)C2c2ccccc2)cc1.c1ccc(C2C(c3ccccc3)C(c3ccccc3)C(c3ccccc3)C2c2ccccc2)cc1. The molecule has 2 fully saturated rings. The van der Waals surface area contributed by atoms with Gasteiger partial charge in [0.25, 0.3) is 0 Å². The molecule has 2 aliphatic rings. The zero-order valence-electron chi connectivity index (χ0n) is 44.0. The topological polar surface area (TPSA) is 79.6 Å². The molecule has 396 valence electrons. The van der Waals surface area contributed by atoms with E-state index in [9.17, 15) is 0 Å². The monoisotopic (exact) mass is 1120 g/mol. The number of hydrogen-bond donors (Lipinski definition) is 0. The molecule has 0 amide bonds. The minimum atomic E-state index is 0. The van der Waals surface area contributed by atoms with E-state index in [4.69, 9.17) is 18.6 Å². The molecule has 4 nitrogen and oxygen atoms in total. The summed E-state index contributed by atoms with van der Waals surface area (Å²) in [7, 11) is 0. The average molecular weight is 1120 g/mol. The summed E-state index contributed by atoms with van der Waals surface area (Å²) in [6, 6.07) is 112. The molecule has 0 atom stereocenters. The van der Waals surface area contributed by atoms with Gasteiger partial charge in [-0.25, -0.2) is 0 Å². The van der Waals surface area contributed by atoms with Crippen molar-refractivity contribution in [2.45, 2.75) is 59.2 Å². The minimum Gasteiger partial charge on any atom is -0.0622 e. The Balaban J connectivity index is 0.000000256. The first-order chi connectivity index (χ1) is 38.8. The minimum absolute atomic E-state index is 0. The second kappa shape index (κ2) is 33.6. The molecular formula is C74H60Fe2O4. The van der Waals surface area contributed by atoms with Crippen LogP contribution < -0.4 is 0 Å². The second-order valence-electron chi connectivity index (χ2n) is 19.4. The maximum absolute atomic E-state index is 7.50. The van der Waals surface area contributed by atoms with Crippen LogP contribution in [0.15, 0.2) is 303 Å². The molecule has 0 heterocycles. The molecule has 0 saturated heterocycles. The third-order valence-electron chi connectivity index (χ3n) is 15.7. The third-order valence-corrected chi connectivity index (χ3v) is 15.7. The Bertz CT molecular complexity index is 2560. The first-order valence-corrected chi connectivity index (χ1v) is 26.1. The predicted octanol–water partition coefficient (Wildman–Crippen LogP) is 17.7. The zero-order chi connectivity index (χ0) is 54.9. The summed E-state index contributed by atoms with van der Waals surface area (Å²) in [4.78, 5) is 0. The molecule has 0 N–H and O–H groups in total. The van der Waals surface area contributed by atoms with E-state index in [1.807, 2.05) is 0 Å². The number of benzene rings is 10. The van der Waals surface area contributed by atoms with Crippen molar-refractivity contribution in [1.82, 2.24) is 0 Å². The van der Waals surface area contributed by atoms with E-state index >= 15 is 0 Å². The number of rotatable bonds is 10. The van der Waals surface area contributed by atoms with Crippen LogP contribution >= 0.6 is 0 Å². The third kappa shape index (κ3) is 14.5. The fourth-order valence-electron chi connectivity index (χ4n) is 13.1. The first kappa shape index (κ1) is 63.0. The van der Waals surface area contributed by atoms with Crippen molar-refractivity contribution in [3.8, 4) is 0 Å². The molecule has 0 spiro atoms. The van der Waals surface area contributed by atoms with Gasteiger partial charge in [-0.05, 0) is 115 Å². The first-order valence-electron chi connectivity index (χ1n) is 26.1. The van der Waals surface area contributed by atoms with Crippen molar-refractivity contribution in [2.75, 3.05) is 0 Å². The molecule has 2 aliphatic carbocycles. The van der Waals surface area contributed by atoms with E-state index in [-0.39, 0.29) is 34.1 Å². The maximum Gasteiger partial charge on any atom is 0 e. The van der Waals surface area contributed by atoms with Crippen molar-refractivity contribution in [3.05, 3.63) is 386 Å². The normalized spacial score (nSPS) is 20.9. The summed E-state index contributed by atoms with van der Waals surface area (Å²) in [6.45, 7) is 18.0. The summed E-state index contributed by atoms with van der Waals surface area (Å²) in [5, 5.41) is 0. The Kier molecular flexibility index (Phi) is 26.5. The van der Waals surface area contributed by atoms with Crippen LogP contribution in [0.1, 0.15) is 115 Å². The average Bonchev–Trinajstić information content (AvgIpc) is 4.12. The molecule has 0 unspecified atom stereocenters. The van der Waals surface area contributed by atoms with Gasteiger partial charge in [0.2, 0.25) is 0 Å². The molecule has 10 aromatic rings. The van der Waals surface area contributed by atoms with Crippen molar-refractivity contribution >= 4 is 0 Å². The smallest absolute Gasteiger partial charge is 0 e. The van der Waals surface area contributed by atoms with Gasteiger partial charge in [0, 0.05) is 34.1 Å². The zero-order valence-corrected chi connectivity index (χ0v) is 46.2. The van der Waals surface area contributed by atoms with Gasteiger partial charge < -0.3 is 0 Å². The van der Waals surface area contributed by atoms with Crippen LogP contribution in [0, 0.1) is 26.6 Å². The van der Waals surface area contributed by atoms with Gasteiger partial charge in [-0.3, -0.25) is 0 Å². The van der Waals surface area contributed by atoms with Gasteiger partial charge in [-0.2, -0.15) is 0 Å². The van der Waals surface area contributed by atoms with Crippen molar-refractivity contribution < 1.29 is 52.7 Å². The van der Waals surface area contributed by atoms with Crippen LogP contribution in [-0.2, 0) is 52.7 Å². The Morgan fingerprint density at radius 3 is 0.263 bits per heavy atom. The Morgan fingerprint density at radius 1 is 0.138 bits per heavy atom. The molecular weight excluding hydrogens is 1060 g/mol. The molecule has 0 radical (unpaired) electrons. The molecule has 10 aromatic carbocycles. The summed E-state index contributed by atoms with van der Waals surface area (Å²) < 4.78 is 30.0. The molecule has 12 rings (SSSR count). The predicted molar refractivity (Wildman–Crippen MR) is 308 cm³/mol. The van der Waals surface area contributed by atoms with Crippen LogP contribution in [0.25, 0.3) is 0 Å². The van der Waals surface area contributed by atoms with Gasteiger partial charge in [-0.1, -0.05) is 303 Å². The van der Waals surface area contributed by atoms with Gasteiger partial charge in [0.1, 0.15) is 0 Å². The molecule has 0 aliphatic heterocycles. The molecule has 6 heteroatoms. The largest absolute Gasteiger partial charge is 0.0622 e. The van der Waals surface area contributed by atoms with E-state index in [2.05, 4.69) is 330 Å². The molecule has 80 heavy (non-hydrogen) atoms. The van der Waals surface area contributed by atoms with Gasteiger partial charge in [0.15, 0.2) is 0 Å². The van der Waals surface area contributed by atoms with Crippen molar-refractivity contribution in [1.29, 1.82) is 0 Å². The number of hydrogen-bond acceptors (Lipinski definition) is 0. The Hall–Kier alpha value is -7.80. The van der Waals surface area contributed by atoms with Gasteiger partial charge in [-0.15, -0.1) is 0 Å². The second-order valence-corrected chi connectivity index (χ2v) is 19.4. The van der Waals surface area contributed by atoms with E-state index in [1.165, 1.54) is 55.6 Å². The summed E-state index contributed by atoms with van der Waals surface area (Å²) in [6.07, 6.45) is 0. The van der Waals surface area contributed by atoms with Crippen LogP contribution in [0.4, 0.5) is 0 Å². The Labute approximate surface area is 494 Å². The van der Waals surface area contributed by atoms with Crippen LogP contribution in [0.5, 0.6) is 0 Å². The fraction of sp³-hybridized carbons (Fsp3) is 0.135. The van der Waals surface area contributed by atoms with Crippen molar-refractivity contribution in [3.63, 3.8) is 0 Å². The molecule has 0 aromatic heterocycles. The van der Waals surface area contributed by atoms with Crippen molar-refractivity contribution in [2.24, 2.45) is 0 Å². The van der Waals surface area contributed by atoms with Gasteiger partial charge >= 0.3 is 45.2 Å². The van der Waals surface area contributed by atoms with Crippen LogP contribution in [0.3, 0.4) is 0 Å². The summed E-state index contributed by atoms with van der Waals surface area (Å²) >= 11 is 0. The fourth-order valence-corrected chi connectivity index (χ4v) is 13.1. The molecule has 2 saturated carbocycles. The molecule has 0 bridgehead atoms. The van der Waals surface area contributed by atoms with Crippen LogP contribution in [-0.4, -0.2) is 0 Å². The van der Waals surface area contributed by atoms with E-state index in [0.29, 0.717) is 59.2 Å². The van der Waals surface area contributed by atoms with Gasteiger partial charge in [0.05, 0.1) is 0 Å². The van der Waals surface area contributed by atoms with Crippen LogP contribution in [0.2, 0.25) is 0 Å². The standard InChI is InChI=1S/2C35H30.4CO.2Fe/c2*1-6-16-26(17-7-1)31-32(27-18-8-2-9-19-27)34(29-22-12-4-13-23-29)35(30-24-14-5-15-25-30)33(31)28-20-10-3-11-21-28;4*1-2;;/h2*1-25,31-35H;;;;;;. The summed E-state index contributed by atoms with van der Waals surface area (Å²) in [5.41, 5.74) is 14.3. The van der Waals surface area contributed by atoms with E-state index in [1.54, 1.807) is 0 Å². The van der Waals surface area contributed by atoms with E-state index in [0.717, 1.165) is 0 Å². The quantitative estimate of drug-likeness (QED) is 0.0743.